The number of aromatic nitrogens is 1. The highest BCUT2D eigenvalue weighted by atomic mass is 32.2. The molecule has 3 rings (SSSR count). The van der Waals surface area contributed by atoms with Crippen LogP contribution in [0.3, 0.4) is 0 Å². The molecule has 118 valence electrons. The van der Waals surface area contributed by atoms with Crippen LogP contribution in [0.1, 0.15) is 6.92 Å². The van der Waals surface area contributed by atoms with Crippen molar-refractivity contribution in [3.8, 4) is 11.5 Å². The van der Waals surface area contributed by atoms with E-state index < -0.39 is 14.8 Å². The molecule has 0 unspecified atom stereocenters. The van der Waals surface area contributed by atoms with E-state index >= 15 is 0 Å². The molecule has 23 heavy (non-hydrogen) atoms. The molecule has 0 aliphatic carbocycles. The second-order valence-electron chi connectivity index (χ2n) is 4.86. The molecule has 1 aromatic heterocycles. The number of nitrogens with zero attached hydrogens (tertiary/aromatic N) is 2. The molecule has 0 atom stereocenters. The maximum Gasteiger partial charge on any atom is 0.270 e. The van der Waals surface area contributed by atoms with E-state index in [0.29, 0.717) is 16.7 Å². The summed E-state index contributed by atoms with van der Waals surface area (Å²) in [6.45, 7) is 1.57. The summed E-state index contributed by atoms with van der Waals surface area (Å²) in [5.74, 6) is 0.198. The van der Waals surface area contributed by atoms with E-state index in [9.17, 15) is 18.5 Å². The second-order valence-corrected chi connectivity index (χ2v) is 7.14. The maximum absolute atomic E-state index is 11.9. The molecule has 8 heteroatoms. The fraction of sp³-hybridized carbons (Fsp3) is 0.133. The molecular weight excluding hydrogens is 320 g/mol. The van der Waals surface area contributed by atoms with Crippen LogP contribution >= 0.6 is 0 Å². The van der Waals surface area contributed by atoms with Crippen LogP contribution in [0.15, 0.2) is 51.8 Å². The van der Waals surface area contributed by atoms with Gasteiger partial charge in [-0.25, -0.2) is 13.4 Å². The summed E-state index contributed by atoms with van der Waals surface area (Å²) in [6, 6.07) is 10.3. The normalized spacial score (nSPS) is 11.7. The van der Waals surface area contributed by atoms with Gasteiger partial charge < -0.3 is 4.42 Å². The largest absolute Gasteiger partial charge is 0.436 e. The summed E-state index contributed by atoms with van der Waals surface area (Å²) < 4.78 is 29.4. The Bertz CT molecular complexity index is 1010. The van der Waals surface area contributed by atoms with Crippen LogP contribution in [-0.4, -0.2) is 24.1 Å². The van der Waals surface area contributed by atoms with Crippen molar-refractivity contribution in [3.63, 3.8) is 0 Å². The Hall–Kier alpha value is -2.74. The number of hydrogen-bond acceptors (Lipinski definition) is 6. The fourth-order valence-corrected chi connectivity index (χ4v) is 3.04. The second kappa shape index (κ2) is 5.47. The lowest BCUT2D eigenvalue weighted by atomic mass is 10.2. The molecule has 0 aliphatic heterocycles. The SMILES string of the molecule is CCS(=O)(=O)c1ccc2oc(-c3cccc([N+](=O)[O-])c3)nc2c1. The molecule has 0 saturated carbocycles. The third-order valence-corrected chi connectivity index (χ3v) is 5.13. The van der Waals surface area contributed by atoms with Crippen molar-refractivity contribution in [2.24, 2.45) is 0 Å². The third-order valence-electron chi connectivity index (χ3n) is 3.40. The van der Waals surface area contributed by atoms with E-state index in [-0.39, 0.29) is 22.2 Å². The molecule has 0 N–H and O–H groups in total. The first kappa shape index (κ1) is 15.2. The molecule has 0 saturated heterocycles. The van der Waals surface area contributed by atoms with E-state index in [1.54, 1.807) is 13.0 Å². The van der Waals surface area contributed by atoms with Crippen molar-refractivity contribution in [1.29, 1.82) is 0 Å². The Balaban J connectivity index is 2.10. The molecular formula is C15H12N2O5S. The molecule has 0 bridgehead atoms. The van der Waals surface area contributed by atoms with Crippen molar-refractivity contribution < 1.29 is 17.8 Å². The minimum atomic E-state index is -3.33. The molecule has 0 amide bonds. The van der Waals surface area contributed by atoms with Gasteiger partial charge in [-0.3, -0.25) is 10.1 Å². The average molecular weight is 332 g/mol. The smallest absolute Gasteiger partial charge is 0.270 e. The molecule has 3 aromatic rings. The van der Waals surface area contributed by atoms with Gasteiger partial charge in [0.25, 0.3) is 5.69 Å². The van der Waals surface area contributed by atoms with E-state index in [4.69, 9.17) is 4.42 Å². The molecule has 0 aliphatic rings. The van der Waals surface area contributed by atoms with Gasteiger partial charge in [-0.2, -0.15) is 0 Å². The van der Waals surface area contributed by atoms with Gasteiger partial charge in [0.2, 0.25) is 5.89 Å². The lowest BCUT2D eigenvalue weighted by molar-refractivity contribution is -0.384. The number of benzene rings is 2. The quantitative estimate of drug-likeness (QED) is 0.537. The summed E-state index contributed by atoms with van der Waals surface area (Å²) in [6.07, 6.45) is 0. The van der Waals surface area contributed by atoms with Gasteiger partial charge in [0.1, 0.15) is 5.52 Å². The van der Waals surface area contributed by atoms with Crippen LogP contribution in [0.25, 0.3) is 22.6 Å². The summed E-state index contributed by atoms with van der Waals surface area (Å²) in [7, 11) is -3.33. The number of nitro benzene ring substituents is 1. The Kier molecular flexibility index (Phi) is 3.61. The van der Waals surface area contributed by atoms with Gasteiger partial charge in [0.15, 0.2) is 15.4 Å². The van der Waals surface area contributed by atoms with Gasteiger partial charge in [-0.15, -0.1) is 0 Å². The van der Waals surface area contributed by atoms with Crippen LogP contribution in [-0.2, 0) is 9.84 Å². The zero-order chi connectivity index (χ0) is 16.6. The number of oxazole rings is 1. The number of rotatable bonds is 4. The zero-order valence-electron chi connectivity index (χ0n) is 12.1. The number of non-ortho nitro benzene ring substituents is 1. The number of hydrogen-bond donors (Lipinski definition) is 0. The molecule has 7 nitrogen and oxygen atoms in total. The Labute approximate surface area is 131 Å². The molecule has 1 heterocycles. The first-order valence-electron chi connectivity index (χ1n) is 6.79. The van der Waals surface area contributed by atoms with Gasteiger partial charge in [0.05, 0.1) is 15.6 Å². The zero-order valence-corrected chi connectivity index (χ0v) is 12.9. The predicted molar refractivity (Wildman–Crippen MR) is 83.8 cm³/mol. The number of fused-ring (bicyclic) bond motifs is 1. The highest BCUT2D eigenvalue weighted by Crippen LogP contribution is 2.28. The van der Waals surface area contributed by atoms with Crippen molar-refractivity contribution in [2.45, 2.75) is 11.8 Å². The lowest BCUT2D eigenvalue weighted by Gasteiger charge is -1.99. The Morgan fingerprint density at radius 1 is 1.22 bits per heavy atom. The minimum absolute atomic E-state index is 0.00586. The Morgan fingerprint density at radius 2 is 2.00 bits per heavy atom. The summed E-state index contributed by atoms with van der Waals surface area (Å²) in [5, 5.41) is 10.8. The van der Waals surface area contributed by atoms with E-state index in [1.807, 2.05) is 0 Å². The van der Waals surface area contributed by atoms with Gasteiger partial charge in [-0.1, -0.05) is 13.0 Å². The van der Waals surface area contributed by atoms with Crippen molar-refractivity contribution in [2.75, 3.05) is 5.75 Å². The average Bonchev–Trinajstić information content (AvgIpc) is 2.98. The van der Waals surface area contributed by atoms with E-state index in [1.165, 1.54) is 36.4 Å². The fourth-order valence-electron chi connectivity index (χ4n) is 2.14. The van der Waals surface area contributed by atoms with Gasteiger partial charge in [-0.05, 0) is 24.3 Å². The van der Waals surface area contributed by atoms with Crippen LogP contribution < -0.4 is 0 Å². The van der Waals surface area contributed by atoms with Crippen LogP contribution in [0.4, 0.5) is 5.69 Å². The minimum Gasteiger partial charge on any atom is -0.436 e. The van der Waals surface area contributed by atoms with Crippen molar-refractivity contribution in [1.82, 2.24) is 4.98 Å². The lowest BCUT2D eigenvalue weighted by Crippen LogP contribution is -2.03. The van der Waals surface area contributed by atoms with Crippen molar-refractivity contribution >= 4 is 26.6 Å². The van der Waals surface area contributed by atoms with E-state index in [0.717, 1.165) is 0 Å². The summed E-state index contributed by atoms with van der Waals surface area (Å²) >= 11 is 0. The van der Waals surface area contributed by atoms with Gasteiger partial charge >= 0.3 is 0 Å². The number of sulfone groups is 1. The standard InChI is InChI=1S/C15H12N2O5S/c1-2-23(20,21)12-6-7-14-13(9-12)16-15(22-14)10-4-3-5-11(8-10)17(18)19/h3-9H,2H2,1H3. The summed E-state index contributed by atoms with van der Waals surface area (Å²) in [5.41, 5.74) is 1.19. The van der Waals surface area contributed by atoms with Gasteiger partial charge in [0, 0.05) is 17.7 Å². The predicted octanol–water partition coefficient (Wildman–Crippen LogP) is 3.20. The first-order valence-corrected chi connectivity index (χ1v) is 8.44. The Morgan fingerprint density at radius 3 is 2.70 bits per heavy atom. The highest BCUT2D eigenvalue weighted by Gasteiger charge is 2.16. The van der Waals surface area contributed by atoms with E-state index in [2.05, 4.69) is 4.98 Å². The topological polar surface area (TPSA) is 103 Å². The molecule has 0 spiro atoms. The third kappa shape index (κ3) is 2.80. The first-order chi connectivity index (χ1) is 10.9. The number of nitro groups is 1. The maximum atomic E-state index is 11.9. The monoisotopic (exact) mass is 332 g/mol. The van der Waals surface area contributed by atoms with Crippen molar-refractivity contribution in [3.05, 3.63) is 52.6 Å². The molecule has 2 aromatic carbocycles. The molecule has 0 fully saturated rings. The molecule has 0 radical (unpaired) electrons. The van der Waals surface area contributed by atoms with Crippen LogP contribution in [0.5, 0.6) is 0 Å². The summed E-state index contributed by atoms with van der Waals surface area (Å²) in [4.78, 5) is 14.7. The van der Waals surface area contributed by atoms with Crippen LogP contribution in [0, 0.1) is 10.1 Å². The highest BCUT2D eigenvalue weighted by molar-refractivity contribution is 7.91. The van der Waals surface area contributed by atoms with Crippen LogP contribution in [0.2, 0.25) is 0 Å².